The van der Waals surface area contributed by atoms with Crippen molar-refractivity contribution >= 4 is 11.7 Å². The fourth-order valence-corrected chi connectivity index (χ4v) is 4.02. The largest absolute Gasteiger partial charge is 0.497 e. The van der Waals surface area contributed by atoms with Crippen LogP contribution < -0.4 is 4.74 Å². The number of rotatable bonds is 8. The molecule has 0 radical (unpaired) electrons. The molecular weight excluding hydrogens is 440 g/mol. The molecule has 0 amide bonds. The molecule has 0 fully saturated rings. The summed E-state index contributed by atoms with van der Waals surface area (Å²) in [5.41, 5.74) is 7.30. The topological polar surface area (TPSA) is 62.0 Å². The number of hydrogen-bond donors (Lipinski definition) is 0. The highest BCUT2D eigenvalue weighted by atomic mass is 16.6. The molecule has 0 spiro atoms. The minimum absolute atomic E-state index is 0.242. The van der Waals surface area contributed by atoms with Crippen LogP contribution in [0.4, 0.5) is 0 Å². The summed E-state index contributed by atoms with van der Waals surface area (Å²) in [4.78, 5) is 17.4. The molecule has 0 atom stereocenters. The summed E-state index contributed by atoms with van der Waals surface area (Å²) in [6, 6.07) is 27.5. The van der Waals surface area contributed by atoms with Gasteiger partial charge in [-0.05, 0) is 67.4 Å². The van der Waals surface area contributed by atoms with Crippen LogP contribution in [-0.4, -0.2) is 30.5 Å². The third kappa shape index (κ3) is 5.27. The van der Waals surface area contributed by atoms with E-state index in [1.54, 1.807) is 25.3 Å². The maximum Gasteiger partial charge on any atom is 0.337 e. The first-order chi connectivity index (χ1) is 17.0. The van der Waals surface area contributed by atoms with Gasteiger partial charge in [0.25, 0.3) is 0 Å². The predicted molar refractivity (Wildman–Crippen MR) is 137 cm³/mol. The van der Waals surface area contributed by atoms with Gasteiger partial charge in [-0.1, -0.05) is 47.6 Å². The maximum atomic E-state index is 11.8. The number of ether oxygens (including phenoxy) is 2. The summed E-state index contributed by atoms with van der Waals surface area (Å²) in [6.07, 6.45) is 0. The Morgan fingerprint density at radius 2 is 1.66 bits per heavy atom. The highest BCUT2D eigenvalue weighted by Crippen LogP contribution is 2.30. The van der Waals surface area contributed by atoms with Gasteiger partial charge in [-0.3, -0.25) is 0 Å². The Morgan fingerprint density at radius 1 is 0.914 bits per heavy atom. The van der Waals surface area contributed by atoms with E-state index in [4.69, 9.17) is 14.3 Å². The van der Waals surface area contributed by atoms with E-state index in [0.29, 0.717) is 5.56 Å². The van der Waals surface area contributed by atoms with Crippen molar-refractivity contribution in [2.24, 2.45) is 5.16 Å². The summed E-state index contributed by atoms with van der Waals surface area (Å²) < 4.78 is 12.3. The van der Waals surface area contributed by atoms with Crippen molar-refractivity contribution in [2.45, 2.75) is 20.5 Å². The Labute approximate surface area is 205 Å². The van der Waals surface area contributed by atoms with E-state index in [1.165, 1.54) is 7.11 Å². The van der Waals surface area contributed by atoms with Gasteiger partial charge in [-0.25, -0.2) is 4.79 Å². The Morgan fingerprint density at radius 3 is 2.34 bits per heavy atom. The van der Waals surface area contributed by atoms with Crippen molar-refractivity contribution in [3.8, 4) is 22.7 Å². The lowest BCUT2D eigenvalue weighted by atomic mass is 10.1. The average Bonchev–Trinajstić information content (AvgIpc) is 3.26. The molecule has 0 aliphatic rings. The number of esters is 1. The third-order valence-electron chi connectivity index (χ3n) is 5.82. The summed E-state index contributed by atoms with van der Waals surface area (Å²) in [7, 11) is 3.03. The lowest BCUT2D eigenvalue weighted by molar-refractivity contribution is 0.0600. The van der Waals surface area contributed by atoms with Crippen LogP contribution >= 0.6 is 0 Å². The van der Waals surface area contributed by atoms with Crippen molar-refractivity contribution in [3.63, 3.8) is 0 Å². The van der Waals surface area contributed by atoms with Crippen molar-refractivity contribution in [2.75, 3.05) is 14.2 Å². The second kappa shape index (κ2) is 10.7. The van der Waals surface area contributed by atoms with Crippen molar-refractivity contribution < 1.29 is 19.1 Å². The zero-order chi connectivity index (χ0) is 24.8. The monoisotopic (exact) mass is 468 g/mol. The van der Waals surface area contributed by atoms with Gasteiger partial charge in [0.2, 0.25) is 0 Å². The molecule has 0 aliphatic heterocycles. The average molecular weight is 469 g/mol. The first-order valence-corrected chi connectivity index (χ1v) is 11.3. The van der Waals surface area contributed by atoms with Gasteiger partial charge >= 0.3 is 5.97 Å². The number of nitrogens with zero attached hydrogens (tertiary/aromatic N) is 2. The molecule has 1 aromatic heterocycles. The summed E-state index contributed by atoms with van der Waals surface area (Å²) in [5, 5.41) is 4.38. The molecule has 0 aliphatic carbocycles. The van der Waals surface area contributed by atoms with E-state index in [-0.39, 0.29) is 12.6 Å². The van der Waals surface area contributed by atoms with Gasteiger partial charge in [-0.2, -0.15) is 0 Å². The zero-order valence-electron chi connectivity index (χ0n) is 20.3. The maximum absolute atomic E-state index is 11.8. The van der Waals surface area contributed by atoms with Crippen LogP contribution in [0.5, 0.6) is 5.75 Å². The summed E-state index contributed by atoms with van der Waals surface area (Å²) in [6.45, 7) is 4.25. The molecule has 3 aromatic carbocycles. The van der Waals surface area contributed by atoms with Crippen LogP contribution in [0.1, 0.15) is 34.1 Å². The molecule has 0 N–H and O–H groups in total. The van der Waals surface area contributed by atoms with Gasteiger partial charge in [-0.15, -0.1) is 0 Å². The smallest absolute Gasteiger partial charge is 0.337 e. The second-order valence-electron chi connectivity index (χ2n) is 8.07. The molecule has 35 heavy (non-hydrogen) atoms. The fourth-order valence-electron chi connectivity index (χ4n) is 4.02. The second-order valence-corrected chi connectivity index (χ2v) is 8.07. The Balaban J connectivity index is 1.64. The van der Waals surface area contributed by atoms with E-state index in [9.17, 15) is 4.79 Å². The molecule has 6 heteroatoms. The number of hydrogen-bond acceptors (Lipinski definition) is 5. The van der Waals surface area contributed by atoms with Gasteiger partial charge in [0.15, 0.2) is 0 Å². The van der Waals surface area contributed by atoms with E-state index in [1.807, 2.05) is 55.5 Å². The predicted octanol–water partition coefficient (Wildman–Crippen LogP) is 6.19. The number of aromatic nitrogens is 1. The number of carbonyl (C=O) groups is 1. The Hall–Kier alpha value is -4.32. The molecule has 0 unspecified atom stereocenters. The number of oxime groups is 1. The summed E-state index contributed by atoms with van der Waals surface area (Å²) in [5.74, 6) is 0.429. The molecule has 4 aromatic rings. The normalized spacial score (nSPS) is 11.3. The first kappa shape index (κ1) is 23.8. The van der Waals surface area contributed by atoms with Crippen LogP contribution in [0.15, 0.2) is 90.1 Å². The highest BCUT2D eigenvalue weighted by Gasteiger charge is 2.17. The Bertz CT molecular complexity index is 1340. The standard InChI is InChI=1S/C29H28N2O4/c1-20(30-35-19-22-9-8-12-24(17-22)29(32)34-4)27-18-28(23-10-6-5-7-11-23)31(21(27)2)25-13-15-26(33-3)16-14-25/h5-18H,19H2,1-4H3/b30-20-. The van der Waals surface area contributed by atoms with Crippen molar-refractivity contribution in [1.82, 2.24) is 4.57 Å². The number of methoxy groups -OCH3 is 2. The Kier molecular flexibility index (Phi) is 7.31. The summed E-state index contributed by atoms with van der Waals surface area (Å²) >= 11 is 0. The van der Waals surface area contributed by atoms with Crippen LogP contribution in [0.2, 0.25) is 0 Å². The zero-order valence-corrected chi connectivity index (χ0v) is 20.3. The van der Waals surface area contributed by atoms with Gasteiger partial charge < -0.3 is 18.9 Å². The minimum Gasteiger partial charge on any atom is -0.497 e. The molecule has 0 bridgehead atoms. The lowest BCUT2D eigenvalue weighted by Crippen LogP contribution is -2.03. The molecule has 0 saturated carbocycles. The van der Waals surface area contributed by atoms with Crippen LogP contribution in [0.25, 0.3) is 16.9 Å². The SMILES string of the molecule is COC(=O)c1cccc(CO/N=C(/C)c2cc(-c3ccccc3)n(-c3ccc(OC)cc3)c2C)c1. The highest BCUT2D eigenvalue weighted by molar-refractivity contribution is 6.01. The first-order valence-electron chi connectivity index (χ1n) is 11.3. The molecule has 178 valence electrons. The number of carbonyl (C=O) groups excluding carboxylic acids is 1. The van der Waals surface area contributed by atoms with Gasteiger partial charge in [0.05, 0.1) is 31.2 Å². The van der Waals surface area contributed by atoms with Gasteiger partial charge in [0, 0.05) is 16.9 Å². The van der Waals surface area contributed by atoms with E-state index >= 15 is 0 Å². The molecule has 4 rings (SSSR count). The van der Waals surface area contributed by atoms with E-state index in [2.05, 4.69) is 34.8 Å². The lowest BCUT2D eigenvalue weighted by Gasteiger charge is -2.13. The molecule has 1 heterocycles. The molecule has 0 saturated heterocycles. The third-order valence-corrected chi connectivity index (χ3v) is 5.82. The van der Waals surface area contributed by atoms with E-state index < -0.39 is 0 Å². The number of benzene rings is 3. The van der Waals surface area contributed by atoms with Crippen molar-refractivity contribution in [3.05, 3.63) is 107 Å². The van der Waals surface area contributed by atoms with Crippen LogP contribution in [0.3, 0.4) is 0 Å². The quantitative estimate of drug-likeness (QED) is 0.176. The fraction of sp³-hybridized carbons (Fsp3) is 0.172. The van der Waals surface area contributed by atoms with Crippen LogP contribution in [0, 0.1) is 6.92 Å². The van der Waals surface area contributed by atoms with Gasteiger partial charge in [0.1, 0.15) is 12.4 Å². The van der Waals surface area contributed by atoms with Crippen molar-refractivity contribution in [1.29, 1.82) is 0 Å². The van der Waals surface area contributed by atoms with Crippen LogP contribution in [-0.2, 0) is 16.2 Å². The molecule has 6 nitrogen and oxygen atoms in total. The van der Waals surface area contributed by atoms with E-state index in [0.717, 1.165) is 45.2 Å². The minimum atomic E-state index is -0.379. The molecular formula is C29H28N2O4.